The third-order valence-corrected chi connectivity index (χ3v) is 7.40. The van der Waals surface area contributed by atoms with Crippen molar-refractivity contribution in [1.82, 2.24) is 14.5 Å². The van der Waals surface area contributed by atoms with E-state index >= 15 is 0 Å². The molecule has 0 saturated heterocycles. The first kappa shape index (κ1) is 19.0. The molecule has 0 atom stereocenters. The topological polar surface area (TPSA) is 83.6 Å². The van der Waals surface area contributed by atoms with Crippen molar-refractivity contribution in [2.24, 2.45) is 0 Å². The molecule has 0 spiro atoms. The lowest BCUT2D eigenvalue weighted by atomic mass is 10.2. The first-order chi connectivity index (χ1) is 13.6. The molecule has 1 aliphatic carbocycles. The third kappa shape index (κ3) is 3.40. The van der Waals surface area contributed by atoms with Gasteiger partial charge < -0.3 is 9.88 Å². The molecular weight excluding hydrogens is 390 g/mol. The van der Waals surface area contributed by atoms with E-state index in [2.05, 4.69) is 25.9 Å². The molecule has 1 saturated carbocycles. The van der Waals surface area contributed by atoms with Crippen molar-refractivity contribution in [3.05, 3.63) is 34.6 Å². The Labute approximate surface area is 172 Å². The van der Waals surface area contributed by atoms with Crippen LogP contribution in [-0.4, -0.2) is 26.2 Å². The summed E-state index contributed by atoms with van der Waals surface area (Å²) in [6.45, 7) is 3.99. The number of carbonyl (C=O) groups excluding carboxylic acids is 1. The zero-order chi connectivity index (χ0) is 19.7. The van der Waals surface area contributed by atoms with E-state index in [-0.39, 0.29) is 11.7 Å². The molecule has 0 aromatic carbocycles. The highest BCUT2D eigenvalue weighted by Gasteiger charge is 2.26. The predicted octanol–water partition coefficient (Wildman–Crippen LogP) is 4.83. The zero-order valence-corrected chi connectivity index (χ0v) is 17.5. The van der Waals surface area contributed by atoms with Crippen molar-refractivity contribution >= 4 is 45.0 Å². The Hall–Kier alpha value is -2.37. The molecular formula is C20H21N5OS2. The minimum atomic E-state index is -0.124. The molecule has 4 rings (SSSR count). The molecule has 0 aliphatic heterocycles. The smallest absolute Gasteiger partial charge is 0.235 e. The maximum absolute atomic E-state index is 12.7. The first-order valence-electron chi connectivity index (χ1n) is 9.32. The lowest BCUT2D eigenvalue weighted by molar-refractivity contribution is -0.113. The summed E-state index contributed by atoms with van der Waals surface area (Å²) < 4.78 is 3.17. The Balaban J connectivity index is 1.55. The molecule has 0 radical (unpaired) electrons. The number of thioether (sulfide) groups is 1. The van der Waals surface area contributed by atoms with Gasteiger partial charge >= 0.3 is 0 Å². The molecule has 3 heterocycles. The van der Waals surface area contributed by atoms with Crippen molar-refractivity contribution in [3.8, 4) is 6.07 Å². The molecule has 6 nitrogen and oxygen atoms in total. The van der Waals surface area contributed by atoms with E-state index in [0.717, 1.165) is 39.3 Å². The highest BCUT2D eigenvalue weighted by atomic mass is 32.2. The van der Waals surface area contributed by atoms with Gasteiger partial charge in [-0.3, -0.25) is 4.79 Å². The first-order valence-corrected chi connectivity index (χ1v) is 11.2. The summed E-state index contributed by atoms with van der Waals surface area (Å²) in [5.41, 5.74) is 3.50. The average molecular weight is 412 g/mol. The number of carbonyl (C=O) groups is 1. The molecule has 3 aromatic heterocycles. The van der Waals surface area contributed by atoms with E-state index in [0.29, 0.717) is 17.4 Å². The number of nitrogens with zero attached hydrogens (tertiary/aromatic N) is 4. The molecule has 3 aromatic rings. The number of nitrogens with one attached hydrogen (secondary N) is 1. The van der Waals surface area contributed by atoms with Gasteiger partial charge in [-0.05, 0) is 43.7 Å². The minimum absolute atomic E-state index is 0.124. The largest absolute Gasteiger partial charge is 0.327 e. The number of nitriles is 1. The Kier molecular flexibility index (Phi) is 5.38. The molecule has 1 N–H and O–H groups in total. The maximum Gasteiger partial charge on any atom is 0.235 e. The van der Waals surface area contributed by atoms with E-state index in [9.17, 15) is 10.1 Å². The van der Waals surface area contributed by atoms with Gasteiger partial charge in [0.05, 0.1) is 21.5 Å². The van der Waals surface area contributed by atoms with Crippen molar-refractivity contribution in [2.75, 3.05) is 11.1 Å². The zero-order valence-electron chi connectivity index (χ0n) is 15.9. The Morgan fingerprint density at radius 1 is 1.39 bits per heavy atom. The summed E-state index contributed by atoms with van der Waals surface area (Å²) in [5, 5.41) is 15.5. The van der Waals surface area contributed by atoms with Crippen molar-refractivity contribution < 1.29 is 4.79 Å². The number of amides is 1. The Bertz CT molecular complexity index is 1070. The van der Waals surface area contributed by atoms with Crippen LogP contribution in [0.3, 0.4) is 0 Å². The maximum atomic E-state index is 12.7. The van der Waals surface area contributed by atoms with Crippen LogP contribution < -0.4 is 5.32 Å². The number of anilines is 1. The van der Waals surface area contributed by atoms with Crippen LogP contribution in [0.1, 0.15) is 48.5 Å². The second kappa shape index (κ2) is 7.94. The monoisotopic (exact) mass is 411 g/mol. The van der Waals surface area contributed by atoms with Crippen LogP contribution in [0.25, 0.3) is 10.2 Å². The second-order valence-corrected chi connectivity index (χ2v) is 8.88. The van der Waals surface area contributed by atoms with Crippen molar-refractivity contribution in [2.45, 2.75) is 50.6 Å². The summed E-state index contributed by atoms with van der Waals surface area (Å²) in [6, 6.07) is 4.59. The van der Waals surface area contributed by atoms with Crippen LogP contribution in [0.2, 0.25) is 0 Å². The number of thiophene rings is 1. The number of rotatable bonds is 5. The fourth-order valence-corrected chi connectivity index (χ4v) is 5.62. The fraction of sp³-hybridized carbons (Fsp3) is 0.400. The van der Waals surface area contributed by atoms with Gasteiger partial charge in [0.25, 0.3) is 0 Å². The third-order valence-electron chi connectivity index (χ3n) is 5.37. The predicted molar refractivity (Wildman–Crippen MR) is 113 cm³/mol. The van der Waals surface area contributed by atoms with Crippen molar-refractivity contribution in [3.63, 3.8) is 0 Å². The lowest BCUT2D eigenvalue weighted by Crippen LogP contribution is -2.19. The van der Waals surface area contributed by atoms with Crippen LogP contribution in [0.4, 0.5) is 5.82 Å². The quantitative estimate of drug-likeness (QED) is 0.480. The number of hydrogen-bond donors (Lipinski definition) is 1. The highest BCUT2D eigenvalue weighted by molar-refractivity contribution is 8.00. The number of aromatic nitrogens is 3. The Morgan fingerprint density at radius 2 is 2.18 bits per heavy atom. The van der Waals surface area contributed by atoms with Crippen LogP contribution in [0.5, 0.6) is 0 Å². The van der Waals surface area contributed by atoms with Crippen LogP contribution in [-0.2, 0) is 4.79 Å². The van der Waals surface area contributed by atoms with Gasteiger partial charge in [-0.15, -0.1) is 11.3 Å². The molecule has 0 bridgehead atoms. The molecule has 144 valence electrons. The van der Waals surface area contributed by atoms with Crippen LogP contribution >= 0.6 is 23.1 Å². The van der Waals surface area contributed by atoms with E-state index in [4.69, 9.17) is 0 Å². The van der Waals surface area contributed by atoms with Gasteiger partial charge in [-0.2, -0.15) is 5.26 Å². The molecule has 28 heavy (non-hydrogen) atoms. The molecule has 8 heteroatoms. The normalized spacial score (nSPS) is 14.5. The van der Waals surface area contributed by atoms with E-state index in [1.165, 1.54) is 30.9 Å². The SMILES string of the molecule is Cc1c(C#N)c(NC(=O)CSc2ncnc3ccsc23)n(C2CCCC2)c1C. The number of fused-ring (bicyclic) bond motifs is 1. The Morgan fingerprint density at radius 3 is 2.93 bits per heavy atom. The molecule has 1 fully saturated rings. The molecule has 1 aliphatic rings. The summed E-state index contributed by atoms with van der Waals surface area (Å²) in [7, 11) is 0. The second-order valence-electron chi connectivity index (χ2n) is 7.00. The average Bonchev–Trinajstić information content (AvgIpc) is 3.42. The van der Waals surface area contributed by atoms with Gasteiger partial charge in [0, 0.05) is 11.7 Å². The van der Waals surface area contributed by atoms with Crippen LogP contribution in [0, 0.1) is 25.2 Å². The van der Waals surface area contributed by atoms with Crippen molar-refractivity contribution in [1.29, 1.82) is 5.26 Å². The van der Waals surface area contributed by atoms with Crippen LogP contribution in [0.15, 0.2) is 22.8 Å². The molecule has 1 amide bonds. The summed E-state index contributed by atoms with van der Waals surface area (Å²) >= 11 is 2.98. The van der Waals surface area contributed by atoms with Gasteiger partial charge in [0.1, 0.15) is 23.2 Å². The van der Waals surface area contributed by atoms with E-state index in [1.54, 1.807) is 11.3 Å². The molecule has 0 unspecified atom stereocenters. The lowest BCUT2D eigenvalue weighted by Gasteiger charge is -2.19. The standard InChI is InChI=1S/C20H21N5OS2/c1-12-13(2)25(14-5-3-4-6-14)19(15(12)9-21)24-17(26)10-28-20-18-16(7-8-27-18)22-11-23-20/h7-8,11,14H,3-6,10H2,1-2H3,(H,24,26). The van der Waals surface area contributed by atoms with Gasteiger partial charge in [-0.25, -0.2) is 9.97 Å². The van der Waals surface area contributed by atoms with Gasteiger partial charge in [-0.1, -0.05) is 24.6 Å². The van der Waals surface area contributed by atoms with Gasteiger partial charge in [0.2, 0.25) is 5.91 Å². The summed E-state index contributed by atoms with van der Waals surface area (Å²) in [5.74, 6) is 0.767. The minimum Gasteiger partial charge on any atom is -0.327 e. The summed E-state index contributed by atoms with van der Waals surface area (Å²) in [6.07, 6.45) is 6.10. The fourth-order valence-electron chi connectivity index (χ4n) is 3.88. The number of hydrogen-bond acceptors (Lipinski definition) is 6. The summed E-state index contributed by atoms with van der Waals surface area (Å²) in [4.78, 5) is 21.3. The van der Waals surface area contributed by atoms with Gasteiger partial charge in [0.15, 0.2) is 0 Å². The van der Waals surface area contributed by atoms with E-state index < -0.39 is 0 Å². The highest BCUT2D eigenvalue weighted by Crippen LogP contribution is 2.38. The van der Waals surface area contributed by atoms with E-state index in [1.807, 2.05) is 25.3 Å².